The molecule has 4 nitrogen and oxygen atoms in total. The van der Waals surface area contributed by atoms with Gasteiger partial charge in [0.05, 0.1) is 12.8 Å². The Hall–Kier alpha value is -2.24. The van der Waals surface area contributed by atoms with Crippen LogP contribution >= 0.6 is 23.4 Å². The maximum absolute atomic E-state index is 5.93. The van der Waals surface area contributed by atoms with Crippen LogP contribution < -0.4 is 9.47 Å². The largest absolute Gasteiger partial charge is 0.497 e. The summed E-state index contributed by atoms with van der Waals surface area (Å²) >= 11 is 7.51. The van der Waals surface area contributed by atoms with Crippen LogP contribution in [0.5, 0.6) is 17.4 Å². The van der Waals surface area contributed by atoms with Crippen molar-refractivity contribution in [1.29, 1.82) is 0 Å². The van der Waals surface area contributed by atoms with Crippen LogP contribution in [0.2, 0.25) is 5.02 Å². The van der Waals surface area contributed by atoms with E-state index in [0.29, 0.717) is 21.8 Å². The minimum atomic E-state index is 0.275. The third-order valence-electron chi connectivity index (χ3n) is 3.83. The second-order valence-corrected chi connectivity index (χ2v) is 7.64. The van der Waals surface area contributed by atoms with Crippen LogP contribution in [-0.4, -0.2) is 17.1 Å². The molecule has 0 aliphatic rings. The van der Waals surface area contributed by atoms with Crippen LogP contribution in [0, 0.1) is 0 Å². The second kappa shape index (κ2) is 9.11. The van der Waals surface area contributed by atoms with Crippen LogP contribution in [0.15, 0.2) is 59.8 Å². The molecule has 0 bridgehead atoms. The highest BCUT2D eigenvalue weighted by atomic mass is 35.5. The molecule has 27 heavy (non-hydrogen) atoms. The van der Waals surface area contributed by atoms with Crippen LogP contribution in [0.25, 0.3) is 0 Å². The molecule has 6 heteroatoms. The summed E-state index contributed by atoms with van der Waals surface area (Å²) in [6, 6.07) is 17.1. The number of rotatable bonds is 7. The van der Waals surface area contributed by atoms with E-state index in [1.807, 2.05) is 36.4 Å². The average Bonchev–Trinajstić information content (AvgIpc) is 2.68. The fraction of sp³-hybridized carbons (Fsp3) is 0.238. The lowest BCUT2D eigenvalue weighted by Gasteiger charge is -2.11. The zero-order chi connectivity index (χ0) is 19.2. The Labute approximate surface area is 168 Å². The number of hydrogen-bond donors (Lipinski definition) is 0. The number of benzene rings is 2. The van der Waals surface area contributed by atoms with E-state index in [0.717, 1.165) is 22.8 Å². The van der Waals surface area contributed by atoms with E-state index < -0.39 is 0 Å². The molecule has 0 N–H and O–H groups in total. The lowest BCUT2D eigenvalue weighted by Crippen LogP contribution is -2.00. The van der Waals surface area contributed by atoms with Gasteiger partial charge in [-0.25, -0.2) is 4.98 Å². The number of thioether (sulfide) groups is 1. The van der Waals surface area contributed by atoms with Gasteiger partial charge < -0.3 is 9.47 Å². The van der Waals surface area contributed by atoms with Crippen molar-refractivity contribution in [2.75, 3.05) is 7.11 Å². The molecule has 0 unspecified atom stereocenters. The van der Waals surface area contributed by atoms with Gasteiger partial charge in [0.1, 0.15) is 11.5 Å². The summed E-state index contributed by atoms with van der Waals surface area (Å²) in [5.74, 6) is 3.09. The Balaban J connectivity index is 1.79. The smallest absolute Gasteiger partial charge is 0.223 e. The Morgan fingerprint density at radius 1 is 1.00 bits per heavy atom. The Morgan fingerprint density at radius 2 is 1.78 bits per heavy atom. The molecule has 0 saturated carbocycles. The van der Waals surface area contributed by atoms with Crippen molar-refractivity contribution in [2.24, 2.45) is 0 Å². The van der Waals surface area contributed by atoms with Crippen molar-refractivity contribution < 1.29 is 9.47 Å². The molecule has 0 aliphatic heterocycles. The molecule has 1 aromatic heterocycles. The minimum Gasteiger partial charge on any atom is -0.497 e. The van der Waals surface area contributed by atoms with Gasteiger partial charge in [-0.2, -0.15) is 4.98 Å². The highest BCUT2D eigenvalue weighted by Crippen LogP contribution is 2.28. The fourth-order valence-electron chi connectivity index (χ4n) is 2.37. The van der Waals surface area contributed by atoms with Gasteiger partial charge in [-0.3, -0.25) is 0 Å². The molecule has 3 rings (SSSR count). The van der Waals surface area contributed by atoms with Crippen LogP contribution in [0.3, 0.4) is 0 Å². The number of halogens is 1. The van der Waals surface area contributed by atoms with E-state index in [-0.39, 0.29) is 5.92 Å². The highest BCUT2D eigenvalue weighted by molar-refractivity contribution is 7.98. The molecule has 3 aromatic rings. The van der Waals surface area contributed by atoms with E-state index in [9.17, 15) is 0 Å². The molecule has 0 atom stereocenters. The van der Waals surface area contributed by atoms with Gasteiger partial charge >= 0.3 is 0 Å². The standard InChI is InChI=1S/C21H21ClN2O2S/c1-14(2)19-12-20(26-17-9-7-16(22)8-10-17)24-21(23-19)27-13-15-5-4-6-18(11-15)25-3/h4-12,14H,13H2,1-3H3. The van der Waals surface area contributed by atoms with E-state index in [1.54, 1.807) is 31.0 Å². The lowest BCUT2D eigenvalue weighted by atomic mass is 10.1. The molecule has 0 radical (unpaired) electrons. The van der Waals surface area contributed by atoms with Crippen molar-refractivity contribution in [3.63, 3.8) is 0 Å². The highest BCUT2D eigenvalue weighted by Gasteiger charge is 2.11. The Bertz CT molecular complexity index is 901. The number of ether oxygens (including phenoxy) is 2. The Kier molecular flexibility index (Phi) is 6.58. The second-order valence-electron chi connectivity index (χ2n) is 6.26. The van der Waals surface area contributed by atoms with Crippen molar-refractivity contribution in [1.82, 2.24) is 9.97 Å². The third kappa shape index (κ3) is 5.62. The summed E-state index contributed by atoms with van der Waals surface area (Å²) in [6.45, 7) is 4.20. The molecule has 0 saturated heterocycles. The maximum Gasteiger partial charge on any atom is 0.223 e. The number of nitrogens with zero attached hydrogens (tertiary/aromatic N) is 2. The first-order valence-corrected chi connectivity index (χ1v) is 9.98. The summed E-state index contributed by atoms with van der Waals surface area (Å²) in [5.41, 5.74) is 2.10. The van der Waals surface area contributed by atoms with Crippen LogP contribution in [0.1, 0.15) is 31.0 Å². The first kappa shape index (κ1) is 19.5. The quantitative estimate of drug-likeness (QED) is 0.341. The van der Waals surface area contributed by atoms with Gasteiger partial charge in [0.25, 0.3) is 0 Å². The summed E-state index contributed by atoms with van der Waals surface area (Å²) in [5, 5.41) is 1.36. The first-order chi connectivity index (χ1) is 13.0. The minimum absolute atomic E-state index is 0.275. The van der Waals surface area contributed by atoms with Gasteiger partial charge in [0.15, 0.2) is 5.16 Å². The van der Waals surface area contributed by atoms with Crippen molar-refractivity contribution in [3.05, 3.63) is 70.9 Å². The number of aromatic nitrogens is 2. The molecular formula is C21H21ClN2O2S. The molecule has 0 amide bonds. The number of methoxy groups -OCH3 is 1. The zero-order valence-electron chi connectivity index (χ0n) is 15.5. The zero-order valence-corrected chi connectivity index (χ0v) is 17.1. The normalized spacial score (nSPS) is 10.9. The average molecular weight is 401 g/mol. The van der Waals surface area contributed by atoms with Crippen molar-refractivity contribution in [3.8, 4) is 17.4 Å². The van der Waals surface area contributed by atoms with E-state index in [1.165, 1.54) is 0 Å². The molecular weight excluding hydrogens is 380 g/mol. The predicted molar refractivity (Wildman–Crippen MR) is 110 cm³/mol. The van der Waals surface area contributed by atoms with Crippen LogP contribution in [-0.2, 0) is 5.75 Å². The van der Waals surface area contributed by atoms with Gasteiger partial charge in [0, 0.05) is 16.8 Å². The monoisotopic (exact) mass is 400 g/mol. The molecule has 140 valence electrons. The van der Waals surface area contributed by atoms with Crippen LogP contribution in [0.4, 0.5) is 0 Å². The van der Waals surface area contributed by atoms with Gasteiger partial charge in [-0.1, -0.05) is 49.3 Å². The van der Waals surface area contributed by atoms with Gasteiger partial charge in [-0.15, -0.1) is 0 Å². The van der Waals surface area contributed by atoms with Crippen molar-refractivity contribution in [2.45, 2.75) is 30.7 Å². The fourth-order valence-corrected chi connectivity index (χ4v) is 3.29. The molecule has 2 aromatic carbocycles. The number of hydrogen-bond acceptors (Lipinski definition) is 5. The topological polar surface area (TPSA) is 44.2 Å². The Morgan fingerprint density at radius 3 is 2.48 bits per heavy atom. The maximum atomic E-state index is 5.93. The molecule has 0 fully saturated rings. The lowest BCUT2D eigenvalue weighted by molar-refractivity contribution is 0.414. The SMILES string of the molecule is COc1cccc(CSc2nc(Oc3ccc(Cl)cc3)cc(C(C)C)n2)c1. The van der Waals surface area contributed by atoms with E-state index in [2.05, 4.69) is 29.9 Å². The summed E-state index contributed by atoms with van der Waals surface area (Å²) in [6.07, 6.45) is 0. The van der Waals surface area contributed by atoms with E-state index >= 15 is 0 Å². The third-order valence-corrected chi connectivity index (χ3v) is 5.00. The molecule has 0 spiro atoms. The first-order valence-electron chi connectivity index (χ1n) is 8.61. The molecule has 1 heterocycles. The van der Waals surface area contributed by atoms with Crippen molar-refractivity contribution >= 4 is 23.4 Å². The summed E-state index contributed by atoms with van der Waals surface area (Å²) in [4.78, 5) is 9.22. The summed E-state index contributed by atoms with van der Waals surface area (Å²) in [7, 11) is 1.67. The molecule has 0 aliphatic carbocycles. The predicted octanol–water partition coefficient (Wildman–Crippen LogP) is 6.35. The van der Waals surface area contributed by atoms with Gasteiger partial charge in [0.2, 0.25) is 5.88 Å². The summed E-state index contributed by atoms with van der Waals surface area (Å²) < 4.78 is 11.2. The van der Waals surface area contributed by atoms with E-state index in [4.69, 9.17) is 21.1 Å². The van der Waals surface area contributed by atoms with Gasteiger partial charge in [-0.05, 0) is 47.9 Å².